The monoisotopic (exact) mass is 400 g/mol. The van der Waals surface area contributed by atoms with Crippen LogP contribution in [0.15, 0.2) is 48.8 Å². The summed E-state index contributed by atoms with van der Waals surface area (Å²) in [5.41, 5.74) is 2.24. The van der Waals surface area contributed by atoms with Gasteiger partial charge >= 0.3 is 5.97 Å². The molecule has 0 N–H and O–H groups in total. The molecule has 0 saturated carbocycles. The third-order valence-electron chi connectivity index (χ3n) is 3.98. The van der Waals surface area contributed by atoms with E-state index in [-0.39, 0.29) is 0 Å². The van der Waals surface area contributed by atoms with Crippen LogP contribution in [0.1, 0.15) is 20.5 Å². The number of benzene rings is 2. The lowest BCUT2D eigenvalue weighted by atomic mass is 10.2. The molecule has 3 aromatic rings. The third kappa shape index (κ3) is 3.93. The number of methoxy groups -OCH3 is 1. The zero-order valence-electron chi connectivity index (χ0n) is 14.4. The number of aromatic nitrogens is 4. The molecule has 0 unspecified atom stereocenters. The Morgan fingerprint density at radius 1 is 1.15 bits per heavy atom. The Hall–Kier alpha value is -2.52. The molecule has 0 spiro atoms. The number of carbonyl (C=O) groups is 1. The molecule has 138 valence electrons. The maximum atomic E-state index is 12.6. The van der Waals surface area contributed by atoms with Crippen molar-refractivity contribution in [3.05, 3.63) is 59.9 Å². The molecule has 1 fully saturated rings. The first-order valence-corrected chi connectivity index (χ1v) is 10.3. The van der Waals surface area contributed by atoms with Crippen LogP contribution in [0.2, 0.25) is 0 Å². The summed E-state index contributed by atoms with van der Waals surface area (Å²) in [4.78, 5) is 12.6. The quantitative estimate of drug-likeness (QED) is 0.476. The summed E-state index contributed by atoms with van der Waals surface area (Å²) >= 11 is 3.83. The van der Waals surface area contributed by atoms with E-state index in [1.165, 1.54) is 16.6 Å². The summed E-state index contributed by atoms with van der Waals surface area (Å²) in [6.07, 6.45) is 1.46. The van der Waals surface area contributed by atoms with Gasteiger partial charge < -0.3 is 9.47 Å². The minimum atomic E-state index is -0.472. The summed E-state index contributed by atoms with van der Waals surface area (Å²) < 4.78 is 12.9. The van der Waals surface area contributed by atoms with Crippen LogP contribution in [0, 0.1) is 0 Å². The Balaban J connectivity index is 1.55. The first-order chi connectivity index (χ1) is 13.2. The molecule has 7 nitrogen and oxygen atoms in total. The Morgan fingerprint density at radius 3 is 2.74 bits per heavy atom. The van der Waals surface area contributed by atoms with E-state index in [0.29, 0.717) is 27.3 Å². The summed E-state index contributed by atoms with van der Waals surface area (Å²) in [5, 5.41) is 11.0. The van der Waals surface area contributed by atoms with Gasteiger partial charge in [-0.05, 0) is 46.3 Å². The molecule has 27 heavy (non-hydrogen) atoms. The maximum absolute atomic E-state index is 12.6. The Kier molecular flexibility index (Phi) is 5.30. The lowest BCUT2D eigenvalue weighted by Crippen LogP contribution is -2.10. The summed E-state index contributed by atoms with van der Waals surface area (Å²) in [7, 11) is 1.57. The Labute approximate surface area is 164 Å². The van der Waals surface area contributed by atoms with Crippen molar-refractivity contribution in [3.8, 4) is 17.2 Å². The molecule has 2 heterocycles. The third-order valence-corrected chi connectivity index (χ3v) is 7.08. The van der Waals surface area contributed by atoms with Crippen LogP contribution < -0.4 is 9.47 Å². The number of tetrazole rings is 1. The van der Waals surface area contributed by atoms with Gasteiger partial charge in [0.1, 0.15) is 6.33 Å². The number of rotatable bonds is 5. The number of carbonyl (C=O) groups excluding carboxylic acids is 1. The molecule has 1 aliphatic heterocycles. The fourth-order valence-corrected chi connectivity index (χ4v) is 5.52. The average molecular weight is 400 g/mol. The van der Waals surface area contributed by atoms with Gasteiger partial charge in [-0.15, -0.1) is 28.6 Å². The highest BCUT2D eigenvalue weighted by Gasteiger charge is 2.21. The van der Waals surface area contributed by atoms with Crippen molar-refractivity contribution in [1.82, 2.24) is 20.2 Å². The number of ether oxygens (including phenoxy) is 2. The fourth-order valence-electron chi connectivity index (χ4n) is 2.68. The van der Waals surface area contributed by atoms with Crippen molar-refractivity contribution in [3.63, 3.8) is 0 Å². The van der Waals surface area contributed by atoms with Gasteiger partial charge in [-0.2, -0.15) is 0 Å². The Bertz CT molecular complexity index is 944. The average Bonchev–Trinajstić information content (AvgIpc) is 3.42. The van der Waals surface area contributed by atoms with Crippen molar-refractivity contribution in [2.24, 2.45) is 0 Å². The van der Waals surface area contributed by atoms with Gasteiger partial charge in [0.05, 0.1) is 22.9 Å². The van der Waals surface area contributed by atoms with Gasteiger partial charge in [-0.3, -0.25) is 0 Å². The molecular formula is C18H16N4O3S2. The van der Waals surface area contributed by atoms with Crippen LogP contribution in [-0.2, 0) is 0 Å². The molecule has 1 saturated heterocycles. The SMILES string of the molecule is COc1cc(C2SCCS2)ccc1OC(=O)c1cccc(-n2cnnn2)c1. The standard InChI is InChI=1S/C18H16N4O3S2/c1-24-16-10-13(18-26-7-8-27-18)5-6-15(16)25-17(23)12-3-2-4-14(9-12)22-11-19-20-21-22/h2-6,9-11,18H,7-8H2,1H3. The first-order valence-electron chi connectivity index (χ1n) is 8.21. The van der Waals surface area contributed by atoms with Crippen molar-refractivity contribution in [2.45, 2.75) is 4.58 Å². The van der Waals surface area contributed by atoms with Crippen molar-refractivity contribution in [2.75, 3.05) is 18.6 Å². The van der Waals surface area contributed by atoms with E-state index in [1.54, 1.807) is 37.4 Å². The van der Waals surface area contributed by atoms with E-state index in [4.69, 9.17) is 9.47 Å². The highest BCUT2D eigenvalue weighted by Crippen LogP contribution is 2.47. The number of nitrogens with zero attached hydrogens (tertiary/aromatic N) is 4. The largest absolute Gasteiger partial charge is 0.493 e. The molecule has 9 heteroatoms. The minimum Gasteiger partial charge on any atom is -0.493 e. The van der Waals surface area contributed by atoms with Gasteiger partial charge in [0.25, 0.3) is 0 Å². The summed E-state index contributed by atoms with van der Waals surface area (Å²) in [6, 6.07) is 12.6. The smallest absolute Gasteiger partial charge is 0.343 e. The van der Waals surface area contributed by atoms with Crippen LogP contribution in [0.25, 0.3) is 5.69 Å². The molecule has 0 radical (unpaired) electrons. The number of hydrogen-bond donors (Lipinski definition) is 0. The van der Waals surface area contributed by atoms with E-state index in [2.05, 4.69) is 15.5 Å². The van der Waals surface area contributed by atoms with Crippen molar-refractivity contribution < 1.29 is 14.3 Å². The second-order valence-electron chi connectivity index (χ2n) is 5.68. The minimum absolute atomic E-state index is 0.395. The van der Waals surface area contributed by atoms with Crippen LogP contribution in [0.5, 0.6) is 11.5 Å². The molecule has 0 bridgehead atoms. The normalized spacial score (nSPS) is 14.3. The molecule has 0 atom stereocenters. The predicted molar refractivity (Wildman–Crippen MR) is 105 cm³/mol. The van der Waals surface area contributed by atoms with Gasteiger partial charge in [-0.25, -0.2) is 9.48 Å². The van der Waals surface area contributed by atoms with Crippen LogP contribution in [0.3, 0.4) is 0 Å². The van der Waals surface area contributed by atoms with Crippen molar-refractivity contribution >= 4 is 29.5 Å². The number of esters is 1. The van der Waals surface area contributed by atoms with E-state index in [0.717, 1.165) is 11.5 Å². The topological polar surface area (TPSA) is 79.1 Å². The highest BCUT2D eigenvalue weighted by atomic mass is 32.2. The molecule has 0 amide bonds. The molecule has 2 aromatic carbocycles. The zero-order valence-corrected chi connectivity index (χ0v) is 16.1. The van der Waals surface area contributed by atoms with Gasteiger partial charge in [0, 0.05) is 11.5 Å². The van der Waals surface area contributed by atoms with E-state index in [1.807, 2.05) is 35.7 Å². The second kappa shape index (κ2) is 8.01. The molecule has 1 aromatic heterocycles. The van der Waals surface area contributed by atoms with E-state index < -0.39 is 5.97 Å². The molecular weight excluding hydrogens is 384 g/mol. The van der Waals surface area contributed by atoms with Gasteiger partial charge in [0.2, 0.25) is 0 Å². The van der Waals surface area contributed by atoms with Gasteiger partial charge in [0.15, 0.2) is 11.5 Å². The highest BCUT2D eigenvalue weighted by molar-refractivity contribution is 8.19. The zero-order chi connectivity index (χ0) is 18.6. The van der Waals surface area contributed by atoms with Crippen molar-refractivity contribution in [1.29, 1.82) is 0 Å². The second-order valence-corrected chi connectivity index (χ2v) is 8.40. The summed E-state index contributed by atoms with van der Waals surface area (Å²) in [5.74, 6) is 2.76. The predicted octanol–water partition coefficient (Wildman–Crippen LogP) is 3.37. The fraction of sp³-hybridized carbons (Fsp3) is 0.222. The lowest BCUT2D eigenvalue weighted by molar-refractivity contribution is 0.0729. The first kappa shape index (κ1) is 17.9. The van der Waals surface area contributed by atoms with Crippen LogP contribution >= 0.6 is 23.5 Å². The van der Waals surface area contributed by atoms with Crippen LogP contribution in [-0.4, -0.2) is 44.8 Å². The van der Waals surface area contributed by atoms with Crippen LogP contribution in [0.4, 0.5) is 0 Å². The molecule has 0 aliphatic carbocycles. The van der Waals surface area contributed by atoms with E-state index in [9.17, 15) is 4.79 Å². The summed E-state index contributed by atoms with van der Waals surface area (Å²) in [6.45, 7) is 0. The number of hydrogen-bond acceptors (Lipinski definition) is 8. The number of thioether (sulfide) groups is 2. The van der Waals surface area contributed by atoms with Gasteiger partial charge in [-0.1, -0.05) is 12.1 Å². The Morgan fingerprint density at radius 2 is 2.00 bits per heavy atom. The lowest BCUT2D eigenvalue weighted by Gasteiger charge is -2.14. The molecule has 1 aliphatic rings. The van der Waals surface area contributed by atoms with E-state index >= 15 is 0 Å². The molecule has 4 rings (SSSR count). The maximum Gasteiger partial charge on any atom is 0.343 e.